The molecule has 0 spiro atoms. The number of hydrogen-bond acceptors (Lipinski definition) is 8. The molecule has 0 unspecified atom stereocenters. The number of esters is 1. The first-order chi connectivity index (χ1) is 16.5. The van der Waals surface area contributed by atoms with Gasteiger partial charge in [0.05, 0.1) is 13.2 Å². The van der Waals surface area contributed by atoms with E-state index in [4.69, 9.17) is 14.5 Å². The zero-order chi connectivity index (χ0) is 24.1. The fourth-order valence-corrected chi connectivity index (χ4v) is 4.27. The summed E-state index contributed by atoms with van der Waals surface area (Å²) in [6.07, 6.45) is 0. The number of aromatic hydroxyl groups is 1. The van der Waals surface area contributed by atoms with Crippen LogP contribution in [0.2, 0.25) is 0 Å². The fraction of sp³-hybridized carbons (Fsp3) is 0.400. The Labute approximate surface area is 199 Å². The maximum atomic E-state index is 13.1. The Hall–Kier alpha value is -3.75. The van der Waals surface area contributed by atoms with Gasteiger partial charge in [-0.3, -0.25) is 14.9 Å². The number of aliphatic imine (C=N–C) groups is 1. The molecule has 2 aliphatic heterocycles. The van der Waals surface area contributed by atoms with Gasteiger partial charge in [0.2, 0.25) is 11.9 Å². The number of para-hydroxylation sites is 1. The first kappa shape index (κ1) is 23.4. The van der Waals surface area contributed by atoms with E-state index in [0.717, 1.165) is 18.8 Å². The summed E-state index contributed by atoms with van der Waals surface area (Å²) in [5.41, 5.74) is 1.75. The molecule has 1 fully saturated rings. The second kappa shape index (κ2) is 10.5. The molecule has 34 heavy (non-hydrogen) atoms. The van der Waals surface area contributed by atoms with Crippen LogP contribution in [-0.2, 0) is 14.3 Å². The van der Waals surface area contributed by atoms with Gasteiger partial charge in [-0.15, -0.1) is 0 Å². The summed E-state index contributed by atoms with van der Waals surface area (Å²) in [4.78, 5) is 34.9. The largest absolute Gasteiger partial charge is 0.504 e. The van der Waals surface area contributed by atoms with E-state index >= 15 is 0 Å². The van der Waals surface area contributed by atoms with Crippen LogP contribution in [0.1, 0.15) is 25.5 Å². The van der Waals surface area contributed by atoms with E-state index in [-0.39, 0.29) is 18.1 Å². The molecule has 2 heterocycles. The highest BCUT2D eigenvalue weighted by molar-refractivity contribution is 6.08. The van der Waals surface area contributed by atoms with Gasteiger partial charge in [0.15, 0.2) is 17.4 Å². The normalized spacial score (nSPS) is 20.4. The molecular weight excluding hydrogens is 436 g/mol. The molecule has 2 aromatic rings. The molecule has 0 radical (unpaired) electrons. The summed E-state index contributed by atoms with van der Waals surface area (Å²) in [5, 5.41) is 12.9. The van der Waals surface area contributed by atoms with Crippen LogP contribution in [0.3, 0.4) is 0 Å². The topological polar surface area (TPSA) is 104 Å². The van der Waals surface area contributed by atoms with Crippen LogP contribution < -0.4 is 15.0 Å². The number of carbonyl (C=O) groups is 2. The van der Waals surface area contributed by atoms with Crippen LogP contribution >= 0.6 is 0 Å². The number of anilines is 1. The van der Waals surface area contributed by atoms with Crippen molar-refractivity contribution < 1.29 is 24.2 Å². The van der Waals surface area contributed by atoms with Crippen molar-refractivity contribution in [3.63, 3.8) is 0 Å². The molecule has 1 amide bonds. The van der Waals surface area contributed by atoms with Crippen LogP contribution in [0, 0.1) is 5.92 Å². The molecule has 0 aliphatic carbocycles. The summed E-state index contributed by atoms with van der Waals surface area (Å²) < 4.78 is 10.7. The number of nitrogens with zero attached hydrogens (tertiary/aromatic N) is 3. The summed E-state index contributed by atoms with van der Waals surface area (Å²) in [5.74, 6) is -1.51. The summed E-state index contributed by atoms with van der Waals surface area (Å²) in [6, 6.07) is 14.2. The molecule has 0 saturated carbocycles. The zero-order valence-electron chi connectivity index (χ0n) is 19.4. The van der Waals surface area contributed by atoms with E-state index in [1.807, 2.05) is 30.0 Å². The zero-order valence-corrected chi connectivity index (χ0v) is 19.4. The van der Waals surface area contributed by atoms with E-state index in [1.165, 1.54) is 6.07 Å². The van der Waals surface area contributed by atoms with Crippen LogP contribution in [0.25, 0.3) is 0 Å². The van der Waals surface area contributed by atoms with Crippen LogP contribution in [0.5, 0.6) is 11.5 Å². The molecule has 180 valence electrons. The predicted molar refractivity (Wildman–Crippen MR) is 128 cm³/mol. The molecule has 1 saturated heterocycles. The number of piperazine rings is 1. The molecule has 2 atom stereocenters. The number of phenolic OH excluding ortho intramolecular Hbond substituents is 1. The van der Waals surface area contributed by atoms with Crippen molar-refractivity contribution in [2.24, 2.45) is 10.9 Å². The van der Waals surface area contributed by atoms with Gasteiger partial charge in [-0.05, 0) is 43.7 Å². The number of carbonyl (C=O) groups excluding carboxylic acids is 2. The third-order valence-corrected chi connectivity index (χ3v) is 5.96. The van der Waals surface area contributed by atoms with Gasteiger partial charge in [-0.2, -0.15) is 0 Å². The number of nitrogens with one attached hydrogen (secondary N) is 1. The van der Waals surface area contributed by atoms with Crippen molar-refractivity contribution in [1.82, 2.24) is 10.2 Å². The SMILES string of the molecule is CCOC(=O)[C@@H]1C(=O)NC(N2CCN(c3ccccc3)CC2)=N[C@H]1c1ccc(O)c(OCC)c1. The average Bonchev–Trinajstić information content (AvgIpc) is 2.86. The third-order valence-electron chi connectivity index (χ3n) is 5.96. The second-order valence-electron chi connectivity index (χ2n) is 8.09. The molecule has 0 bridgehead atoms. The Morgan fingerprint density at radius 3 is 2.44 bits per heavy atom. The lowest BCUT2D eigenvalue weighted by atomic mass is 9.91. The van der Waals surface area contributed by atoms with Crippen molar-refractivity contribution in [1.29, 1.82) is 0 Å². The average molecular weight is 467 g/mol. The molecule has 2 aliphatic rings. The number of hydrogen-bond donors (Lipinski definition) is 2. The number of rotatable bonds is 6. The van der Waals surface area contributed by atoms with Crippen LogP contribution in [0.15, 0.2) is 53.5 Å². The Kier molecular flexibility index (Phi) is 7.20. The summed E-state index contributed by atoms with van der Waals surface area (Å²) in [6.45, 7) is 6.93. The molecule has 4 rings (SSSR count). The van der Waals surface area contributed by atoms with Crippen LogP contribution in [-0.4, -0.2) is 67.2 Å². The first-order valence-corrected chi connectivity index (χ1v) is 11.6. The quantitative estimate of drug-likeness (QED) is 0.497. The van der Waals surface area contributed by atoms with E-state index in [9.17, 15) is 14.7 Å². The highest BCUT2D eigenvalue weighted by Gasteiger charge is 2.42. The van der Waals surface area contributed by atoms with E-state index in [1.54, 1.807) is 19.1 Å². The summed E-state index contributed by atoms with van der Waals surface area (Å²) in [7, 11) is 0. The lowest BCUT2D eigenvalue weighted by molar-refractivity contribution is -0.153. The second-order valence-corrected chi connectivity index (χ2v) is 8.09. The third kappa shape index (κ3) is 4.93. The highest BCUT2D eigenvalue weighted by atomic mass is 16.5. The molecule has 0 aromatic heterocycles. The van der Waals surface area contributed by atoms with Gasteiger partial charge in [0, 0.05) is 31.9 Å². The maximum Gasteiger partial charge on any atom is 0.321 e. The molecule has 2 aromatic carbocycles. The highest BCUT2D eigenvalue weighted by Crippen LogP contribution is 2.36. The monoisotopic (exact) mass is 466 g/mol. The Balaban J connectivity index is 1.61. The van der Waals surface area contributed by atoms with Gasteiger partial charge < -0.3 is 24.4 Å². The molecular formula is C25H30N4O5. The molecule has 9 nitrogen and oxygen atoms in total. The van der Waals surface area contributed by atoms with Gasteiger partial charge in [-0.1, -0.05) is 24.3 Å². The van der Waals surface area contributed by atoms with Crippen molar-refractivity contribution in [2.75, 3.05) is 44.3 Å². The van der Waals surface area contributed by atoms with Crippen molar-refractivity contribution in [2.45, 2.75) is 19.9 Å². The predicted octanol–water partition coefficient (Wildman–Crippen LogP) is 2.32. The Morgan fingerprint density at radius 2 is 1.76 bits per heavy atom. The van der Waals surface area contributed by atoms with Crippen LogP contribution in [0.4, 0.5) is 5.69 Å². The number of guanidine groups is 1. The molecule has 2 N–H and O–H groups in total. The Morgan fingerprint density at radius 1 is 1.06 bits per heavy atom. The number of benzene rings is 2. The van der Waals surface area contributed by atoms with Gasteiger partial charge in [-0.25, -0.2) is 4.99 Å². The van der Waals surface area contributed by atoms with Crippen molar-refractivity contribution in [3.05, 3.63) is 54.1 Å². The summed E-state index contributed by atoms with van der Waals surface area (Å²) >= 11 is 0. The number of amides is 1. The van der Waals surface area contributed by atoms with E-state index in [0.29, 0.717) is 31.2 Å². The molecule has 9 heteroatoms. The van der Waals surface area contributed by atoms with E-state index < -0.39 is 23.8 Å². The minimum absolute atomic E-state index is 0.0141. The first-order valence-electron chi connectivity index (χ1n) is 11.6. The van der Waals surface area contributed by atoms with Gasteiger partial charge in [0.25, 0.3) is 0 Å². The minimum atomic E-state index is -1.13. The van der Waals surface area contributed by atoms with Crippen molar-refractivity contribution >= 4 is 23.5 Å². The van der Waals surface area contributed by atoms with E-state index in [2.05, 4.69) is 22.3 Å². The standard InChI is InChI=1S/C25H30N4O5/c1-3-33-20-16-17(10-11-19(20)30)22-21(24(32)34-4-2)23(31)27-25(26-22)29-14-12-28(13-15-29)18-8-6-5-7-9-18/h5-11,16,21-22,30H,3-4,12-15H2,1-2H3,(H,26,27,31)/t21-,22-/m0/s1. The number of phenols is 1. The van der Waals surface area contributed by atoms with Gasteiger partial charge >= 0.3 is 5.97 Å². The maximum absolute atomic E-state index is 13.1. The van der Waals surface area contributed by atoms with Gasteiger partial charge in [0.1, 0.15) is 6.04 Å². The number of ether oxygens (including phenoxy) is 2. The lowest BCUT2D eigenvalue weighted by Gasteiger charge is -2.39. The Bertz CT molecular complexity index is 1050. The smallest absolute Gasteiger partial charge is 0.321 e. The lowest BCUT2D eigenvalue weighted by Crippen LogP contribution is -2.57. The minimum Gasteiger partial charge on any atom is -0.504 e. The fourth-order valence-electron chi connectivity index (χ4n) is 4.27. The van der Waals surface area contributed by atoms with Crippen molar-refractivity contribution in [3.8, 4) is 11.5 Å².